The van der Waals surface area contributed by atoms with Crippen molar-refractivity contribution in [2.24, 2.45) is 0 Å². The van der Waals surface area contributed by atoms with Crippen LogP contribution in [0.15, 0.2) is 24.3 Å². The first-order valence-electron chi connectivity index (χ1n) is 8.41. The Morgan fingerprint density at radius 2 is 1.62 bits per heavy atom. The molecule has 0 aromatic heterocycles. The number of nitrogens with one attached hydrogen (secondary N) is 3. The van der Waals surface area contributed by atoms with Gasteiger partial charge in [-0.15, -0.1) is 0 Å². The van der Waals surface area contributed by atoms with E-state index in [-0.39, 0.29) is 24.5 Å². The van der Waals surface area contributed by atoms with Gasteiger partial charge in [-0.1, -0.05) is 6.92 Å². The second-order valence-corrected chi connectivity index (χ2v) is 6.83. The highest BCUT2D eigenvalue weighted by molar-refractivity contribution is 6.01. The maximum atomic E-state index is 12.0. The van der Waals surface area contributed by atoms with Crippen molar-refractivity contribution in [2.75, 3.05) is 32.1 Å². The number of imide groups is 1. The molecule has 1 aromatic rings. The van der Waals surface area contributed by atoms with Crippen molar-refractivity contribution < 1.29 is 19.1 Å². The van der Waals surface area contributed by atoms with Gasteiger partial charge >= 0.3 is 6.03 Å². The normalized spacial score (nSPS) is 11.0. The molecule has 0 spiro atoms. The lowest BCUT2D eigenvalue weighted by Crippen LogP contribution is -2.48. The predicted molar refractivity (Wildman–Crippen MR) is 100 cm³/mol. The molecular weight excluding hydrogens is 336 g/mol. The predicted octanol–water partition coefficient (Wildman–Crippen LogP) is 1.58. The highest BCUT2D eigenvalue weighted by atomic mass is 16.5. The molecule has 3 N–H and O–H groups in total. The number of hydrogen-bond donors (Lipinski definition) is 3. The van der Waals surface area contributed by atoms with E-state index in [9.17, 15) is 14.4 Å². The average Bonchev–Trinajstić information content (AvgIpc) is 2.52. The number of ether oxygens (including phenoxy) is 1. The molecule has 0 saturated carbocycles. The topological polar surface area (TPSA) is 99.8 Å². The van der Waals surface area contributed by atoms with Crippen molar-refractivity contribution in [3.05, 3.63) is 24.3 Å². The van der Waals surface area contributed by atoms with Gasteiger partial charge in [0.1, 0.15) is 5.75 Å². The van der Waals surface area contributed by atoms with Crippen molar-refractivity contribution in [2.45, 2.75) is 33.2 Å². The van der Waals surface area contributed by atoms with Crippen molar-refractivity contribution >= 4 is 23.5 Å². The molecule has 0 bridgehead atoms. The summed E-state index contributed by atoms with van der Waals surface area (Å²) < 4.78 is 5.04. The van der Waals surface area contributed by atoms with E-state index in [1.54, 1.807) is 36.3 Å². The largest absolute Gasteiger partial charge is 0.497 e. The van der Waals surface area contributed by atoms with E-state index in [4.69, 9.17) is 4.74 Å². The quantitative estimate of drug-likeness (QED) is 0.682. The summed E-state index contributed by atoms with van der Waals surface area (Å²) >= 11 is 0. The highest BCUT2D eigenvalue weighted by Gasteiger charge is 2.18. The monoisotopic (exact) mass is 364 g/mol. The fourth-order valence-electron chi connectivity index (χ4n) is 2.15. The Labute approximate surface area is 154 Å². The lowest BCUT2D eigenvalue weighted by molar-refractivity contribution is -0.125. The van der Waals surface area contributed by atoms with E-state index in [0.29, 0.717) is 18.0 Å². The molecule has 0 atom stereocenters. The Morgan fingerprint density at radius 1 is 1.04 bits per heavy atom. The van der Waals surface area contributed by atoms with Gasteiger partial charge in [0.25, 0.3) is 0 Å². The van der Waals surface area contributed by atoms with E-state index < -0.39 is 11.9 Å². The number of methoxy groups -OCH3 is 1. The van der Waals surface area contributed by atoms with Crippen LogP contribution in [0.25, 0.3) is 0 Å². The number of benzene rings is 1. The van der Waals surface area contributed by atoms with Gasteiger partial charge in [0.05, 0.1) is 20.2 Å². The molecule has 0 fully saturated rings. The van der Waals surface area contributed by atoms with E-state index in [1.807, 2.05) is 27.7 Å². The number of nitrogens with zero attached hydrogens (tertiary/aromatic N) is 1. The van der Waals surface area contributed by atoms with Gasteiger partial charge in [-0.25, -0.2) is 4.79 Å². The number of urea groups is 1. The van der Waals surface area contributed by atoms with Crippen LogP contribution >= 0.6 is 0 Å². The highest BCUT2D eigenvalue weighted by Crippen LogP contribution is 2.14. The van der Waals surface area contributed by atoms with Crippen LogP contribution in [0.5, 0.6) is 5.75 Å². The maximum absolute atomic E-state index is 12.0. The number of carbonyl (C=O) groups is 3. The Kier molecular flexibility index (Phi) is 8.05. The second kappa shape index (κ2) is 9.76. The van der Waals surface area contributed by atoms with Crippen LogP contribution < -0.4 is 20.7 Å². The number of hydrogen-bond acceptors (Lipinski definition) is 5. The number of rotatable bonds is 7. The molecule has 26 heavy (non-hydrogen) atoms. The summed E-state index contributed by atoms with van der Waals surface area (Å²) in [5.74, 6) is 0.00964. The second-order valence-electron chi connectivity index (χ2n) is 6.83. The molecule has 0 aliphatic heterocycles. The first-order valence-corrected chi connectivity index (χ1v) is 8.41. The van der Waals surface area contributed by atoms with Crippen LogP contribution in [0.3, 0.4) is 0 Å². The third-order valence-electron chi connectivity index (χ3n) is 3.30. The summed E-state index contributed by atoms with van der Waals surface area (Å²) in [4.78, 5) is 37.5. The van der Waals surface area contributed by atoms with Crippen LogP contribution in [0.4, 0.5) is 10.5 Å². The van der Waals surface area contributed by atoms with Crippen LogP contribution in [0, 0.1) is 0 Å². The molecule has 1 rings (SSSR count). The van der Waals surface area contributed by atoms with Crippen LogP contribution in [0.1, 0.15) is 27.7 Å². The zero-order valence-corrected chi connectivity index (χ0v) is 16.0. The molecule has 0 saturated heterocycles. The van der Waals surface area contributed by atoms with Crippen molar-refractivity contribution in [1.29, 1.82) is 0 Å². The number of anilines is 1. The van der Waals surface area contributed by atoms with Crippen molar-refractivity contribution in [3.63, 3.8) is 0 Å². The van der Waals surface area contributed by atoms with Gasteiger partial charge in [-0.2, -0.15) is 0 Å². The maximum Gasteiger partial charge on any atom is 0.325 e. The Bertz CT molecular complexity index is 623. The van der Waals surface area contributed by atoms with E-state index in [1.165, 1.54) is 0 Å². The zero-order chi connectivity index (χ0) is 19.7. The van der Waals surface area contributed by atoms with Crippen molar-refractivity contribution in [1.82, 2.24) is 15.5 Å². The first-order chi connectivity index (χ1) is 12.1. The molecule has 1 aromatic carbocycles. The van der Waals surface area contributed by atoms with Gasteiger partial charge in [-0.05, 0) is 51.6 Å². The standard InChI is InChI=1S/C18H28N4O4/c1-6-22(12-16(24)21-18(2,3)4)11-15(23)20-17(25)19-13-7-9-14(26-5)10-8-13/h7-10H,6,11-12H2,1-5H3,(H,21,24)(H2,19,20,23,25). The molecular formula is C18H28N4O4. The van der Waals surface area contributed by atoms with Gasteiger partial charge < -0.3 is 15.4 Å². The third kappa shape index (κ3) is 8.48. The molecule has 0 unspecified atom stereocenters. The first kappa shape index (κ1) is 21.4. The molecule has 144 valence electrons. The van der Waals surface area contributed by atoms with Gasteiger partial charge in [-0.3, -0.25) is 19.8 Å². The molecule has 8 nitrogen and oxygen atoms in total. The minimum atomic E-state index is -0.629. The lowest BCUT2D eigenvalue weighted by atomic mass is 10.1. The molecule has 0 aliphatic carbocycles. The third-order valence-corrected chi connectivity index (χ3v) is 3.30. The number of carbonyl (C=O) groups excluding carboxylic acids is 3. The summed E-state index contributed by atoms with van der Waals surface area (Å²) in [7, 11) is 1.55. The summed E-state index contributed by atoms with van der Waals surface area (Å²) in [5.41, 5.74) is 0.199. The average molecular weight is 364 g/mol. The minimum absolute atomic E-state index is 0.0515. The van der Waals surface area contributed by atoms with Crippen LogP contribution in [0.2, 0.25) is 0 Å². The fourth-order valence-corrected chi connectivity index (χ4v) is 2.15. The Balaban J connectivity index is 2.46. The molecule has 0 radical (unpaired) electrons. The van der Waals surface area contributed by atoms with Gasteiger partial charge in [0, 0.05) is 11.2 Å². The van der Waals surface area contributed by atoms with E-state index >= 15 is 0 Å². The minimum Gasteiger partial charge on any atom is -0.497 e. The van der Waals surface area contributed by atoms with Crippen LogP contribution in [-0.4, -0.2) is 55.0 Å². The van der Waals surface area contributed by atoms with Crippen molar-refractivity contribution in [3.8, 4) is 5.75 Å². The molecule has 0 heterocycles. The summed E-state index contributed by atoms with van der Waals surface area (Å²) in [6.45, 7) is 8.04. The van der Waals surface area contributed by atoms with E-state index in [0.717, 1.165) is 0 Å². The number of likely N-dealkylation sites (N-methyl/N-ethyl adjacent to an activating group) is 1. The Hall–Kier alpha value is -2.61. The zero-order valence-electron chi connectivity index (χ0n) is 16.0. The summed E-state index contributed by atoms with van der Waals surface area (Å²) in [5, 5.41) is 7.65. The van der Waals surface area contributed by atoms with Crippen LogP contribution in [-0.2, 0) is 9.59 Å². The molecule has 0 aliphatic rings. The fraction of sp³-hybridized carbons (Fsp3) is 0.500. The van der Waals surface area contributed by atoms with Gasteiger partial charge in [0.15, 0.2) is 0 Å². The summed E-state index contributed by atoms with van der Waals surface area (Å²) in [6.07, 6.45) is 0. The summed E-state index contributed by atoms with van der Waals surface area (Å²) in [6, 6.07) is 6.10. The van der Waals surface area contributed by atoms with E-state index in [2.05, 4.69) is 16.0 Å². The molecule has 4 amide bonds. The SMILES string of the molecule is CCN(CC(=O)NC(=O)Nc1ccc(OC)cc1)CC(=O)NC(C)(C)C. The Morgan fingerprint density at radius 3 is 2.12 bits per heavy atom. The number of amides is 4. The smallest absolute Gasteiger partial charge is 0.325 e. The molecule has 8 heteroatoms. The lowest BCUT2D eigenvalue weighted by Gasteiger charge is -2.24. The van der Waals surface area contributed by atoms with Gasteiger partial charge in [0.2, 0.25) is 11.8 Å².